The van der Waals surface area contributed by atoms with Gasteiger partial charge in [0.15, 0.2) is 5.12 Å². The first-order chi connectivity index (χ1) is 24.4. The van der Waals surface area contributed by atoms with Crippen LogP contribution in [0.5, 0.6) is 0 Å². The molecule has 3 unspecified atom stereocenters. The summed E-state index contributed by atoms with van der Waals surface area (Å²) in [5.41, 5.74) is 1.71. The SMILES string of the molecule is CC/C=C1/C(=N)C(NCCC(=O)NC(Cc2ccccc2)C(=O)NC(Cc2ccccc2)C(=O)NC(CSC(C)=O)C(=O)OC)=CC=C1[N+](=O)[O-]. The average Bonchev–Trinajstić information content (AvgIpc) is 3.11. The van der Waals surface area contributed by atoms with Gasteiger partial charge in [-0.25, -0.2) is 4.79 Å². The van der Waals surface area contributed by atoms with Crippen LogP contribution in [0.25, 0.3) is 0 Å². The molecule has 0 bridgehead atoms. The zero-order valence-corrected chi connectivity index (χ0v) is 29.4. The van der Waals surface area contributed by atoms with Gasteiger partial charge in [0, 0.05) is 44.6 Å². The van der Waals surface area contributed by atoms with Crippen LogP contribution in [0, 0.1) is 15.5 Å². The van der Waals surface area contributed by atoms with Crippen LogP contribution in [-0.2, 0) is 41.6 Å². The number of carbonyl (C=O) groups is 5. The molecule has 5 N–H and O–H groups in total. The van der Waals surface area contributed by atoms with Crippen LogP contribution in [0.15, 0.2) is 95.9 Å². The minimum absolute atomic E-state index is 0.0597. The summed E-state index contributed by atoms with van der Waals surface area (Å²) in [5.74, 6) is -2.65. The van der Waals surface area contributed by atoms with Gasteiger partial charge in [0.25, 0.3) is 5.70 Å². The summed E-state index contributed by atoms with van der Waals surface area (Å²) >= 11 is 0.844. The van der Waals surface area contributed by atoms with Crippen molar-refractivity contribution in [2.45, 2.75) is 57.7 Å². The second-order valence-corrected chi connectivity index (χ2v) is 12.6. The molecule has 51 heavy (non-hydrogen) atoms. The van der Waals surface area contributed by atoms with Crippen molar-refractivity contribution >= 4 is 46.3 Å². The molecule has 1 aliphatic carbocycles. The van der Waals surface area contributed by atoms with Crippen LogP contribution in [0.1, 0.15) is 37.8 Å². The summed E-state index contributed by atoms with van der Waals surface area (Å²) in [5, 5.41) is 30.7. The van der Waals surface area contributed by atoms with Gasteiger partial charge in [0.2, 0.25) is 17.7 Å². The summed E-state index contributed by atoms with van der Waals surface area (Å²) < 4.78 is 4.81. The lowest BCUT2D eigenvalue weighted by Gasteiger charge is -2.25. The maximum atomic E-state index is 13.9. The quantitative estimate of drug-likeness (QED) is 0.0865. The maximum absolute atomic E-state index is 13.9. The second kappa shape index (κ2) is 20.2. The molecule has 0 radical (unpaired) electrons. The molecule has 2 aromatic rings. The zero-order valence-electron chi connectivity index (χ0n) is 28.6. The molecule has 0 aromatic heterocycles. The number of rotatable bonds is 18. The lowest BCUT2D eigenvalue weighted by atomic mass is 9.98. The zero-order chi connectivity index (χ0) is 37.3. The second-order valence-electron chi connectivity index (χ2n) is 11.4. The highest BCUT2D eigenvalue weighted by molar-refractivity contribution is 8.13. The van der Waals surface area contributed by atoms with E-state index in [0.29, 0.717) is 12.1 Å². The van der Waals surface area contributed by atoms with E-state index in [0.717, 1.165) is 30.0 Å². The first kappa shape index (κ1) is 39.9. The average molecular weight is 719 g/mol. The van der Waals surface area contributed by atoms with Gasteiger partial charge in [-0.2, -0.15) is 0 Å². The van der Waals surface area contributed by atoms with E-state index in [1.165, 1.54) is 19.1 Å². The molecule has 0 heterocycles. The predicted octanol–water partition coefficient (Wildman–Crippen LogP) is 2.77. The molecule has 0 saturated heterocycles. The number of nitrogens with one attached hydrogen (secondary N) is 5. The number of methoxy groups -OCH3 is 1. The number of thioether (sulfide) groups is 1. The molecule has 0 aliphatic heterocycles. The highest BCUT2D eigenvalue weighted by atomic mass is 32.2. The van der Waals surface area contributed by atoms with Gasteiger partial charge in [0.1, 0.15) is 18.1 Å². The van der Waals surface area contributed by atoms with Gasteiger partial charge in [-0.3, -0.25) is 34.7 Å². The van der Waals surface area contributed by atoms with Crippen LogP contribution >= 0.6 is 11.8 Å². The molecule has 0 saturated carbocycles. The molecule has 14 nitrogen and oxygen atoms in total. The number of ether oxygens (including phenoxy) is 1. The third kappa shape index (κ3) is 12.7. The smallest absolute Gasteiger partial charge is 0.329 e. The van der Waals surface area contributed by atoms with Crippen molar-refractivity contribution in [3.63, 3.8) is 0 Å². The van der Waals surface area contributed by atoms with Crippen molar-refractivity contribution < 1.29 is 33.6 Å². The van der Waals surface area contributed by atoms with Gasteiger partial charge in [-0.15, -0.1) is 0 Å². The van der Waals surface area contributed by atoms with E-state index >= 15 is 0 Å². The number of nitro groups is 1. The lowest BCUT2D eigenvalue weighted by Crippen LogP contribution is -2.57. The topological polar surface area (TPSA) is 210 Å². The van der Waals surface area contributed by atoms with E-state index < -0.39 is 46.7 Å². The molecule has 3 rings (SSSR count). The summed E-state index contributed by atoms with van der Waals surface area (Å²) in [6.45, 7) is 3.20. The maximum Gasteiger partial charge on any atom is 0.329 e. The van der Waals surface area contributed by atoms with Crippen LogP contribution < -0.4 is 21.3 Å². The Hall–Kier alpha value is -5.57. The molecular formula is C36H42N6O8S. The van der Waals surface area contributed by atoms with E-state index in [1.807, 2.05) is 6.07 Å². The van der Waals surface area contributed by atoms with E-state index in [2.05, 4.69) is 21.3 Å². The van der Waals surface area contributed by atoms with Crippen LogP contribution in [0.4, 0.5) is 0 Å². The highest BCUT2D eigenvalue weighted by Gasteiger charge is 2.31. The summed E-state index contributed by atoms with van der Waals surface area (Å²) in [6, 6.07) is 14.5. The van der Waals surface area contributed by atoms with Gasteiger partial charge in [-0.1, -0.05) is 85.4 Å². The van der Waals surface area contributed by atoms with E-state index in [1.54, 1.807) is 67.6 Å². The Morgan fingerprint density at radius 1 is 0.882 bits per heavy atom. The summed E-state index contributed by atoms with van der Waals surface area (Å²) in [7, 11) is 1.16. The van der Waals surface area contributed by atoms with Crippen LogP contribution in [0.2, 0.25) is 0 Å². The number of hydrogen-bond donors (Lipinski definition) is 5. The molecule has 3 atom stereocenters. The normalized spacial score (nSPS) is 15.0. The number of allylic oxidation sites excluding steroid dienone is 5. The first-order valence-corrected chi connectivity index (χ1v) is 17.2. The number of benzene rings is 2. The molecular weight excluding hydrogens is 676 g/mol. The lowest BCUT2D eigenvalue weighted by molar-refractivity contribution is -0.420. The molecule has 2 aromatic carbocycles. The molecule has 270 valence electrons. The third-order valence-electron chi connectivity index (χ3n) is 7.60. The Bertz CT molecular complexity index is 1690. The number of hydrogen-bond acceptors (Lipinski definition) is 11. The largest absolute Gasteiger partial charge is 0.467 e. The van der Waals surface area contributed by atoms with Crippen molar-refractivity contribution in [2.24, 2.45) is 0 Å². The van der Waals surface area contributed by atoms with Crippen molar-refractivity contribution in [1.29, 1.82) is 5.41 Å². The van der Waals surface area contributed by atoms with E-state index in [-0.39, 0.29) is 53.7 Å². The Labute approximate surface area is 300 Å². The fourth-order valence-electron chi connectivity index (χ4n) is 5.08. The molecule has 1 aliphatic rings. The Morgan fingerprint density at radius 3 is 1.94 bits per heavy atom. The molecule has 3 amide bonds. The Kier molecular flexibility index (Phi) is 15.8. The van der Waals surface area contributed by atoms with Crippen molar-refractivity contribution in [1.82, 2.24) is 21.3 Å². The Morgan fingerprint density at radius 2 is 1.43 bits per heavy atom. The van der Waals surface area contributed by atoms with Crippen LogP contribution in [0.3, 0.4) is 0 Å². The van der Waals surface area contributed by atoms with Gasteiger partial charge >= 0.3 is 5.97 Å². The summed E-state index contributed by atoms with van der Waals surface area (Å²) in [6.07, 6.45) is 4.85. The molecule has 15 heteroatoms. The van der Waals surface area contributed by atoms with Crippen LogP contribution in [-0.4, -0.2) is 77.0 Å². The minimum atomic E-state index is -1.17. The fourth-order valence-corrected chi connectivity index (χ4v) is 5.70. The van der Waals surface area contributed by atoms with Crippen molar-refractivity contribution in [3.8, 4) is 0 Å². The Balaban J connectivity index is 1.77. The third-order valence-corrected chi connectivity index (χ3v) is 8.51. The number of amides is 3. The molecule has 0 spiro atoms. The predicted molar refractivity (Wildman–Crippen MR) is 193 cm³/mol. The van der Waals surface area contributed by atoms with Gasteiger partial charge in [0.05, 0.1) is 29.0 Å². The number of nitrogens with zero attached hydrogens (tertiary/aromatic N) is 1. The van der Waals surface area contributed by atoms with Crippen molar-refractivity contribution in [3.05, 3.63) is 117 Å². The van der Waals surface area contributed by atoms with Crippen molar-refractivity contribution in [2.75, 3.05) is 19.4 Å². The van der Waals surface area contributed by atoms with E-state index in [4.69, 9.17) is 10.1 Å². The first-order valence-electron chi connectivity index (χ1n) is 16.2. The number of carbonyl (C=O) groups excluding carboxylic acids is 5. The standard InChI is InChI=1S/C36H42N6O8S/c1-4-11-26-31(42(48)49)17-16-27(33(26)37)38-19-18-32(44)39-28(20-24-12-7-5-8-13-24)34(45)40-29(21-25-14-9-6-10-15-25)35(46)41-30(36(47)50-3)22-51-23(2)43/h5-17,28-30,37-38H,4,18-22H2,1-3H3,(H,39,44)(H,40,45)(H,41,46)/b26-11+,37-33?. The molecule has 0 fully saturated rings. The van der Waals surface area contributed by atoms with Gasteiger partial charge < -0.3 is 26.0 Å². The summed E-state index contributed by atoms with van der Waals surface area (Å²) in [4.78, 5) is 75.6. The monoisotopic (exact) mass is 718 g/mol. The highest BCUT2D eigenvalue weighted by Crippen LogP contribution is 2.21. The minimum Gasteiger partial charge on any atom is -0.467 e. The van der Waals surface area contributed by atoms with Gasteiger partial charge in [-0.05, 0) is 23.6 Å². The number of esters is 1. The van der Waals surface area contributed by atoms with E-state index in [9.17, 15) is 34.1 Å². The fraction of sp³-hybridized carbons (Fsp3) is 0.333.